The molecule has 0 saturated heterocycles. The first-order valence-electron chi connectivity index (χ1n) is 11.7. The maximum Gasteiger partial charge on any atom is 0.255 e. The molecular weight excluding hydrogens is 531 g/mol. The summed E-state index contributed by atoms with van der Waals surface area (Å²) in [5.41, 5.74) is -1.51. The minimum Gasteiger partial charge on any atom is -0.387 e. The summed E-state index contributed by atoms with van der Waals surface area (Å²) >= 11 is 6.25. The van der Waals surface area contributed by atoms with E-state index in [-0.39, 0.29) is 52.4 Å². The van der Waals surface area contributed by atoms with E-state index in [1.54, 1.807) is 23.1 Å². The first-order valence-corrected chi connectivity index (χ1v) is 13.6. The van der Waals surface area contributed by atoms with Gasteiger partial charge in [0, 0.05) is 35.8 Å². The Labute approximate surface area is 216 Å². The average molecular weight is 554 g/mol. The van der Waals surface area contributed by atoms with Crippen molar-refractivity contribution in [1.29, 1.82) is 0 Å². The van der Waals surface area contributed by atoms with Gasteiger partial charge in [-0.1, -0.05) is 11.6 Å². The highest BCUT2D eigenvalue weighted by Crippen LogP contribution is 2.52. The molecule has 196 valence electrons. The Morgan fingerprint density at radius 2 is 1.78 bits per heavy atom. The van der Waals surface area contributed by atoms with Crippen LogP contribution in [0.2, 0.25) is 5.02 Å². The van der Waals surface area contributed by atoms with Gasteiger partial charge < -0.3 is 10.4 Å². The number of carbonyl (C=O) groups is 1. The molecule has 5 rings (SSSR count). The first kappa shape index (κ1) is 25.7. The Balaban J connectivity index is 1.38. The van der Waals surface area contributed by atoms with Gasteiger partial charge in [-0.15, -0.1) is 0 Å². The minimum absolute atomic E-state index is 0.0693. The van der Waals surface area contributed by atoms with Crippen LogP contribution in [0.25, 0.3) is 0 Å². The van der Waals surface area contributed by atoms with Crippen LogP contribution in [0.1, 0.15) is 36.0 Å². The SMILES string of the molecule is O=C(Nc1cc(F)c(F)c(F)c1)c1ccc(Cl)c(S(=O)(=O)C2CC3CCC(C2)C3(O)Cn2cccn2)c1. The van der Waals surface area contributed by atoms with Gasteiger partial charge in [0.05, 0.1) is 27.3 Å². The van der Waals surface area contributed by atoms with E-state index in [2.05, 4.69) is 10.4 Å². The average Bonchev–Trinajstić information content (AvgIpc) is 3.36. The summed E-state index contributed by atoms with van der Waals surface area (Å²) in [4.78, 5) is 12.5. The number of nitrogens with zero attached hydrogens (tertiary/aromatic N) is 2. The molecule has 2 bridgehead atoms. The summed E-state index contributed by atoms with van der Waals surface area (Å²) in [6.45, 7) is 0.281. The Bertz CT molecular complexity index is 1430. The van der Waals surface area contributed by atoms with E-state index < -0.39 is 44.0 Å². The molecule has 0 aliphatic heterocycles. The van der Waals surface area contributed by atoms with Gasteiger partial charge in [-0.2, -0.15) is 5.10 Å². The number of halogens is 4. The molecule has 37 heavy (non-hydrogen) atoms. The second-order valence-corrected chi connectivity index (χ2v) is 12.3. The van der Waals surface area contributed by atoms with Gasteiger partial charge >= 0.3 is 0 Å². The van der Waals surface area contributed by atoms with Crippen LogP contribution in [0.15, 0.2) is 53.7 Å². The lowest BCUT2D eigenvalue weighted by Gasteiger charge is -2.42. The minimum atomic E-state index is -3.99. The lowest BCUT2D eigenvalue weighted by atomic mass is 9.74. The molecule has 0 radical (unpaired) electrons. The van der Waals surface area contributed by atoms with Gasteiger partial charge in [0.25, 0.3) is 5.91 Å². The van der Waals surface area contributed by atoms with Crippen LogP contribution in [-0.4, -0.2) is 40.1 Å². The third-order valence-electron chi connectivity index (χ3n) is 7.53. The second-order valence-electron chi connectivity index (χ2n) is 9.66. The zero-order chi connectivity index (χ0) is 26.5. The standard InChI is InChI=1S/C25H23ClF3N3O4S/c26-19-5-2-14(24(33)31-17-11-20(27)23(29)21(28)12-17)8-22(19)37(35,36)18-9-15-3-4-16(10-18)25(15,34)13-32-7-1-6-30-32/h1-2,5-8,11-12,15-16,18,34H,3-4,9-10,13H2,(H,31,33). The van der Waals surface area contributed by atoms with Crippen LogP contribution < -0.4 is 5.32 Å². The number of aliphatic hydroxyl groups is 1. The monoisotopic (exact) mass is 553 g/mol. The molecule has 12 heteroatoms. The van der Waals surface area contributed by atoms with Crippen molar-refractivity contribution in [3.63, 3.8) is 0 Å². The van der Waals surface area contributed by atoms with Gasteiger partial charge in [-0.3, -0.25) is 9.48 Å². The van der Waals surface area contributed by atoms with Crippen LogP contribution >= 0.6 is 11.6 Å². The fourth-order valence-electron chi connectivity index (χ4n) is 5.65. The van der Waals surface area contributed by atoms with Crippen molar-refractivity contribution in [2.75, 3.05) is 5.32 Å². The van der Waals surface area contributed by atoms with Gasteiger partial charge in [0.2, 0.25) is 0 Å². The fraction of sp³-hybridized carbons (Fsp3) is 0.360. The summed E-state index contributed by atoms with van der Waals surface area (Å²) in [6, 6.07) is 6.66. The molecule has 2 aliphatic rings. The van der Waals surface area contributed by atoms with Gasteiger partial charge in [-0.25, -0.2) is 21.6 Å². The van der Waals surface area contributed by atoms with Crippen LogP contribution in [-0.2, 0) is 16.4 Å². The van der Waals surface area contributed by atoms with Crippen molar-refractivity contribution in [1.82, 2.24) is 9.78 Å². The number of fused-ring (bicyclic) bond motifs is 2. The molecule has 0 spiro atoms. The summed E-state index contributed by atoms with van der Waals surface area (Å²) in [5.74, 6) is -5.97. The second kappa shape index (κ2) is 9.45. The van der Waals surface area contributed by atoms with Gasteiger partial charge in [0.1, 0.15) is 0 Å². The highest BCUT2D eigenvalue weighted by Gasteiger charge is 2.56. The number of hydrogen-bond acceptors (Lipinski definition) is 5. The highest BCUT2D eigenvalue weighted by molar-refractivity contribution is 7.92. The molecule has 2 aromatic carbocycles. The smallest absolute Gasteiger partial charge is 0.255 e. The quantitative estimate of drug-likeness (QED) is 0.435. The van der Waals surface area contributed by atoms with E-state index in [0.29, 0.717) is 25.0 Å². The predicted molar refractivity (Wildman–Crippen MR) is 129 cm³/mol. The molecule has 7 nitrogen and oxygen atoms in total. The summed E-state index contributed by atoms with van der Waals surface area (Å²) in [5, 5.41) is 17.0. The molecule has 3 aromatic rings. The van der Waals surface area contributed by atoms with E-state index in [1.807, 2.05) is 0 Å². The first-order chi connectivity index (χ1) is 17.5. The third kappa shape index (κ3) is 4.64. The number of sulfone groups is 1. The zero-order valence-corrected chi connectivity index (χ0v) is 20.9. The summed E-state index contributed by atoms with van der Waals surface area (Å²) < 4.78 is 69.2. The fourth-order valence-corrected chi connectivity index (χ4v) is 8.05. The van der Waals surface area contributed by atoms with Crippen LogP contribution in [0.5, 0.6) is 0 Å². The molecule has 2 fully saturated rings. The van der Waals surface area contributed by atoms with Crippen molar-refractivity contribution >= 4 is 33.0 Å². The molecule has 2 saturated carbocycles. The predicted octanol–water partition coefficient (Wildman–Crippen LogP) is 4.60. The zero-order valence-electron chi connectivity index (χ0n) is 19.4. The number of benzene rings is 2. The van der Waals surface area contributed by atoms with Crippen molar-refractivity contribution in [3.8, 4) is 0 Å². The molecule has 1 heterocycles. The van der Waals surface area contributed by atoms with E-state index in [4.69, 9.17) is 11.6 Å². The molecule has 1 amide bonds. The topological polar surface area (TPSA) is 101 Å². The lowest BCUT2D eigenvalue weighted by Crippen LogP contribution is -2.50. The largest absolute Gasteiger partial charge is 0.387 e. The number of amides is 1. The summed E-state index contributed by atoms with van der Waals surface area (Å²) in [7, 11) is -3.99. The molecule has 2 N–H and O–H groups in total. The number of aromatic nitrogens is 2. The number of rotatable bonds is 6. The van der Waals surface area contributed by atoms with E-state index in [1.165, 1.54) is 12.1 Å². The molecule has 1 aromatic heterocycles. The van der Waals surface area contributed by atoms with Crippen LogP contribution in [0, 0.1) is 29.3 Å². The van der Waals surface area contributed by atoms with Crippen LogP contribution in [0.3, 0.4) is 0 Å². The van der Waals surface area contributed by atoms with Crippen molar-refractivity contribution < 1.29 is 31.5 Å². The van der Waals surface area contributed by atoms with Crippen LogP contribution in [0.4, 0.5) is 18.9 Å². The third-order valence-corrected chi connectivity index (χ3v) is 10.2. The van der Waals surface area contributed by atoms with Gasteiger partial charge in [-0.05, 0) is 61.8 Å². The Morgan fingerprint density at radius 1 is 1.14 bits per heavy atom. The normalized spacial score (nSPS) is 25.3. The highest BCUT2D eigenvalue weighted by atomic mass is 35.5. The van der Waals surface area contributed by atoms with Crippen molar-refractivity contribution in [2.45, 2.75) is 48.0 Å². The maximum atomic E-state index is 13.7. The molecular formula is C25H23ClF3N3O4S. The van der Waals surface area contributed by atoms with E-state index >= 15 is 0 Å². The van der Waals surface area contributed by atoms with Gasteiger partial charge in [0.15, 0.2) is 27.3 Å². The number of anilines is 1. The maximum absolute atomic E-state index is 13.7. The van der Waals surface area contributed by atoms with E-state index in [0.717, 1.165) is 6.07 Å². The number of hydrogen-bond donors (Lipinski definition) is 2. The molecule has 2 atom stereocenters. The molecule has 2 unspecified atom stereocenters. The Hall–Kier alpha value is -2.89. The number of nitrogens with one attached hydrogen (secondary N) is 1. The Kier molecular flexibility index (Phi) is 6.57. The number of carbonyl (C=O) groups excluding carboxylic acids is 1. The van der Waals surface area contributed by atoms with E-state index in [9.17, 15) is 31.5 Å². The molecule has 2 aliphatic carbocycles. The Morgan fingerprint density at radius 3 is 2.38 bits per heavy atom. The lowest BCUT2D eigenvalue weighted by molar-refractivity contribution is -0.0735. The summed E-state index contributed by atoms with van der Waals surface area (Å²) in [6.07, 6.45) is 5.22. The van der Waals surface area contributed by atoms with Crippen molar-refractivity contribution in [2.24, 2.45) is 11.8 Å². The van der Waals surface area contributed by atoms with Crippen molar-refractivity contribution in [3.05, 3.63) is 76.8 Å².